The molecule has 0 aliphatic rings. The summed E-state index contributed by atoms with van der Waals surface area (Å²) in [6.07, 6.45) is 0.557. The van der Waals surface area contributed by atoms with Gasteiger partial charge < -0.3 is 0 Å². The normalized spacial score (nSPS) is 13.9. The van der Waals surface area contributed by atoms with Gasteiger partial charge in [-0.15, -0.1) is 0 Å². The highest BCUT2D eigenvalue weighted by atomic mass is 19.1. The summed E-state index contributed by atoms with van der Waals surface area (Å²) in [6, 6.07) is 3.32. The molecular weight excluding hydrogens is 210 g/mol. The van der Waals surface area contributed by atoms with Crippen molar-refractivity contribution in [2.45, 2.75) is 33.2 Å². The van der Waals surface area contributed by atoms with E-state index < -0.39 is 17.7 Å². The highest BCUT2D eigenvalue weighted by Crippen LogP contribution is 2.31. The van der Waals surface area contributed by atoms with Crippen molar-refractivity contribution in [3.05, 3.63) is 35.4 Å². The Morgan fingerprint density at radius 3 is 2.12 bits per heavy atom. The summed E-state index contributed by atoms with van der Waals surface area (Å²) in [5.74, 6) is 4.24. The lowest BCUT2D eigenvalue weighted by molar-refractivity contribution is 0.303. The van der Waals surface area contributed by atoms with E-state index in [9.17, 15) is 8.78 Å². The summed E-state index contributed by atoms with van der Waals surface area (Å²) < 4.78 is 27.1. The lowest BCUT2D eigenvalue weighted by Crippen LogP contribution is -2.32. The molecule has 0 aromatic heterocycles. The second kappa shape index (κ2) is 4.89. The number of nitrogens with one attached hydrogen (secondary N) is 1. The van der Waals surface area contributed by atoms with Crippen molar-refractivity contribution >= 4 is 0 Å². The fraction of sp³-hybridized carbons (Fsp3) is 0.500. The molecule has 0 bridgehead atoms. The Morgan fingerprint density at radius 1 is 1.25 bits per heavy atom. The summed E-state index contributed by atoms with van der Waals surface area (Å²) in [5, 5.41) is 0. The van der Waals surface area contributed by atoms with E-state index >= 15 is 0 Å². The third kappa shape index (κ3) is 3.25. The number of hydrazine groups is 1. The van der Waals surface area contributed by atoms with Crippen molar-refractivity contribution in [3.63, 3.8) is 0 Å². The molecule has 2 nitrogen and oxygen atoms in total. The van der Waals surface area contributed by atoms with Crippen molar-refractivity contribution in [2.75, 3.05) is 0 Å². The van der Waals surface area contributed by atoms with E-state index in [-0.39, 0.29) is 11.0 Å². The van der Waals surface area contributed by atoms with Crippen LogP contribution in [0.15, 0.2) is 18.2 Å². The summed E-state index contributed by atoms with van der Waals surface area (Å²) >= 11 is 0. The maximum atomic E-state index is 13.5. The van der Waals surface area contributed by atoms with Gasteiger partial charge in [-0.05, 0) is 24.0 Å². The van der Waals surface area contributed by atoms with E-state index in [1.807, 2.05) is 20.8 Å². The van der Waals surface area contributed by atoms with Gasteiger partial charge in [0.05, 0.1) is 6.04 Å². The van der Waals surface area contributed by atoms with Crippen LogP contribution in [0.4, 0.5) is 8.78 Å². The number of nitrogens with two attached hydrogens (primary N) is 1. The summed E-state index contributed by atoms with van der Waals surface area (Å²) in [7, 11) is 0. The van der Waals surface area contributed by atoms with Gasteiger partial charge >= 0.3 is 0 Å². The predicted octanol–water partition coefficient (Wildman–Crippen LogP) is 2.91. The number of hydrogen-bond donors (Lipinski definition) is 2. The smallest absolute Gasteiger partial charge is 0.130 e. The van der Waals surface area contributed by atoms with E-state index in [2.05, 4.69) is 5.43 Å². The Labute approximate surface area is 94.8 Å². The number of benzene rings is 1. The van der Waals surface area contributed by atoms with Crippen molar-refractivity contribution in [2.24, 2.45) is 11.3 Å². The highest BCUT2D eigenvalue weighted by molar-refractivity contribution is 5.23. The van der Waals surface area contributed by atoms with Gasteiger partial charge in [-0.3, -0.25) is 11.3 Å². The molecule has 0 radical (unpaired) electrons. The van der Waals surface area contributed by atoms with Crippen LogP contribution in [-0.4, -0.2) is 0 Å². The first-order chi connectivity index (χ1) is 7.35. The van der Waals surface area contributed by atoms with Crippen LogP contribution in [0.1, 0.15) is 38.8 Å². The van der Waals surface area contributed by atoms with E-state index in [1.54, 1.807) is 0 Å². The quantitative estimate of drug-likeness (QED) is 0.616. The molecule has 0 amide bonds. The SMILES string of the molecule is CC(C)(C)CC(NN)c1c(F)cccc1F. The van der Waals surface area contributed by atoms with Crippen LogP contribution in [-0.2, 0) is 0 Å². The molecule has 0 spiro atoms. The van der Waals surface area contributed by atoms with Crippen molar-refractivity contribution in [1.82, 2.24) is 5.43 Å². The molecule has 0 aliphatic heterocycles. The van der Waals surface area contributed by atoms with Crippen LogP contribution in [0.25, 0.3) is 0 Å². The lowest BCUT2D eigenvalue weighted by Gasteiger charge is -2.26. The minimum absolute atomic E-state index is 0.0138. The monoisotopic (exact) mass is 228 g/mol. The van der Waals surface area contributed by atoms with Crippen LogP contribution in [0, 0.1) is 17.0 Å². The lowest BCUT2D eigenvalue weighted by atomic mass is 9.85. The van der Waals surface area contributed by atoms with Gasteiger partial charge in [-0.25, -0.2) is 8.78 Å². The van der Waals surface area contributed by atoms with Gasteiger partial charge in [0.1, 0.15) is 11.6 Å². The third-order valence-electron chi connectivity index (χ3n) is 2.37. The molecule has 0 fully saturated rings. The van der Waals surface area contributed by atoms with E-state index in [4.69, 9.17) is 5.84 Å². The van der Waals surface area contributed by atoms with Gasteiger partial charge in [0.2, 0.25) is 0 Å². The molecule has 0 saturated heterocycles. The number of halogens is 2. The predicted molar refractivity (Wildman–Crippen MR) is 60.5 cm³/mol. The summed E-state index contributed by atoms with van der Waals surface area (Å²) in [5.41, 5.74) is 2.43. The zero-order chi connectivity index (χ0) is 12.3. The molecule has 1 atom stereocenters. The molecule has 1 aromatic carbocycles. The number of hydrogen-bond acceptors (Lipinski definition) is 2. The van der Waals surface area contributed by atoms with Crippen molar-refractivity contribution < 1.29 is 8.78 Å². The average Bonchev–Trinajstić information content (AvgIpc) is 2.14. The van der Waals surface area contributed by atoms with Crippen molar-refractivity contribution in [1.29, 1.82) is 0 Å². The molecule has 0 saturated carbocycles. The molecule has 0 aliphatic carbocycles. The van der Waals surface area contributed by atoms with Gasteiger partial charge in [0, 0.05) is 5.56 Å². The fourth-order valence-electron chi connectivity index (χ4n) is 1.70. The largest absolute Gasteiger partial charge is 0.271 e. The van der Waals surface area contributed by atoms with Crippen LogP contribution in [0.3, 0.4) is 0 Å². The maximum absolute atomic E-state index is 13.5. The van der Waals surface area contributed by atoms with Gasteiger partial charge in [0.15, 0.2) is 0 Å². The highest BCUT2D eigenvalue weighted by Gasteiger charge is 2.24. The summed E-state index contributed by atoms with van der Waals surface area (Å²) in [6.45, 7) is 5.99. The minimum atomic E-state index is -0.563. The van der Waals surface area contributed by atoms with E-state index in [1.165, 1.54) is 18.2 Å². The first kappa shape index (κ1) is 13.1. The van der Waals surface area contributed by atoms with Crippen LogP contribution >= 0.6 is 0 Å². The molecule has 3 N–H and O–H groups in total. The number of rotatable bonds is 3. The molecule has 0 heterocycles. The molecular formula is C12H18F2N2. The Balaban J connectivity index is 3.04. The van der Waals surface area contributed by atoms with Gasteiger partial charge in [-0.1, -0.05) is 26.8 Å². The molecule has 90 valence electrons. The Hall–Kier alpha value is -1.00. The van der Waals surface area contributed by atoms with Crippen LogP contribution in [0.2, 0.25) is 0 Å². The zero-order valence-electron chi connectivity index (χ0n) is 9.85. The van der Waals surface area contributed by atoms with E-state index in [0.29, 0.717) is 6.42 Å². The van der Waals surface area contributed by atoms with E-state index in [0.717, 1.165) is 0 Å². The zero-order valence-corrected chi connectivity index (χ0v) is 9.85. The Bertz CT molecular complexity index is 338. The molecule has 4 heteroatoms. The standard InChI is InChI=1S/C12H18F2N2/c1-12(2,3)7-10(16-15)11-8(13)5-4-6-9(11)14/h4-6,10,16H,7,15H2,1-3H3. The van der Waals surface area contributed by atoms with Gasteiger partial charge in [-0.2, -0.15) is 0 Å². The second-order valence-corrected chi connectivity index (χ2v) is 5.12. The maximum Gasteiger partial charge on any atom is 0.130 e. The van der Waals surface area contributed by atoms with Gasteiger partial charge in [0.25, 0.3) is 0 Å². The molecule has 1 rings (SSSR count). The second-order valence-electron chi connectivity index (χ2n) is 5.12. The summed E-state index contributed by atoms with van der Waals surface area (Å²) in [4.78, 5) is 0. The fourth-order valence-corrected chi connectivity index (χ4v) is 1.70. The molecule has 16 heavy (non-hydrogen) atoms. The molecule has 1 unspecified atom stereocenters. The first-order valence-electron chi connectivity index (χ1n) is 5.25. The van der Waals surface area contributed by atoms with Crippen LogP contribution < -0.4 is 11.3 Å². The Morgan fingerprint density at radius 2 is 1.75 bits per heavy atom. The molecule has 1 aromatic rings. The average molecular weight is 228 g/mol. The first-order valence-corrected chi connectivity index (χ1v) is 5.25. The Kier molecular flexibility index (Phi) is 3.99. The van der Waals surface area contributed by atoms with Crippen molar-refractivity contribution in [3.8, 4) is 0 Å². The topological polar surface area (TPSA) is 38.0 Å². The third-order valence-corrected chi connectivity index (χ3v) is 2.37. The minimum Gasteiger partial charge on any atom is -0.271 e. The van der Waals surface area contributed by atoms with Crippen LogP contribution in [0.5, 0.6) is 0 Å².